The predicted octanol–water partition coefficient (Wildman–Crippen LogP) is 9.08. The Kier molecular flexibility index (Phi) is 10.5. The average molecular weight is 363 g/mol. The molecule has 2 aliphatic rings. The van der Waals surface area contributed by atoms with Crippen molar-refractivity contribution in [3.05, 3.63) is 23.8 Å². The molecule has 0 saturated heterocycles. The Balaban J connectivity index is 0.000000492. The van der Waals surface area contributed by atoms with Gasteiger partial charge in [0.05, 0.1) is 0 Å². The fourth-order valence-electron chi connectivity index (χ4n) is 3.92. The number of hydrogen-bond donors (Lipinski definition) is 0. The van der Waals surface area contributed by atoms with Gasteiger partial charge >= 0.3 is 0 Å². The third-order valence-corrected chi connectivity index (χ3v) is 6.49. The second-order valence-electron chi connectivity index (χ2n) is 10.4. The minimum Gasteiger partial charge on any atom is -0.0953 e. The van der Waals surface area contributed by atoms with Crippen molar-refractivity contribution in [1.29, 1.82) is 0 Å². The van der Waals surface area contributed by atoms with Gasteiger partial charge in [0.1, 0.15) is 0 Å². The molecule has 0 N–H and O–H groups in total. The standard InChI is InChI=1S/C15H28.C9H16.C2H6/c1-11(7-6-8-14(2,3)4)9-12-13-10-15(12,13)5;1-6-8(4)9(5)7(2)3;1-2/h11-13H,6-10H2,1-5H3;6-7H,5H2,1-4H3;1-2H3/b;8-6-;/t11-,12?,13?,15?;;/m0../s1. The van der Waals surface area contributed by atoms with Crippen LogP contribution in [0.4, 0.5) is 0 Å². The molecule has 0 heteroatoms. The van der Waals surface area contributed by atoms with Gasteiger partial charge in [-0.3, -0.25) is 0 Å². The van der Waals surface area contributed by atoms with E-state index in [-0.39, 0.29) is 0 Å². The van der Waals surface area contributed by atoms with E-state index < -0.39 is 0 Å². The van der Waals surface area contributed by atoms with Crippen LogP contribution in [0.15, 0.2) is 23.8 Å². The molecule has 2 fully saturated rings. The zero-order valence-electron chi connectivity index (χ0n) is 20.1. The van der Waals surface area contributed by atoms with E-state index in [1.165, 1.54) is 36.8 Å². The SMILES string of the molecule is C=C(/C(C)=C\C)C(C)C.CC.C[C@@H](CCCC(C)(C)C)CC1C2CC12C. The molecule has 26 heavy (non-hydrogen) atoms. The number of allylic oxidation sites excluding steroid dienone is 3. The van der Waals surface area contributed by atoms with E-state index >= 15 is 0 Å². The van der Waals surface area contributed by atoms with Crippen molar-refractivity contribution >= 4 is 0 Å². The summed E-state index contributed by atoms with van der Waals surface area (Å²) in [4.78, 5) is 0. The van der Waals surface area contributed by atoms with Gasteiger partial charge in [0.2, 0.25) is 0 Å². The van der Waals surface area contributed by atoms with E-state index in [2.05, 4.69) is 68.0 Å². The molecule has 2 saturated carbocycles. The molecule has 0 aromatic carbocycles. The highest BCUT2D eigenvalue weighted by molar-refractivity contribution is 5.26. The summed E-state index contributed by atoms with van der Waals surface area (Å²) >= 11 is 0. The molecule has 4 atom stereocenters. The molecule has 0 spiro atoms. The van der Waals surface area contributed by atoms with Gasteiger partial charge in [0.15, 0.2) is 0 Å². The molecule has 0 bridgehead atoms. The van der Waals surface area contributed by atoms with Gasteiger partial charge in [-0.2, -0.15) is 0 Å². The van der Waals surface area contributed by atoms with E-state index in [1.807, 2.05) is 20.8 Å². The molecule has 0 aromatic rings. The highest BCUT2D eigenvalue weighted by Gasteiger charge is 2.74. The van der Waals surface area contributed by atoms with Crippen LogP contribution < -0.4 is 0 Å². The zero-order valence-corrected chi connectivity index (χ0v) is 20.1. The maximum Gasteiger partial charge on any atom is -0.0222 e. The fraction of sp³-hybridized carbons (Fsp3) is 0.846. The lowest BCUT2D eigenvalue weighted by Crippen LogP contribution is -2.07. The summed E-state index contributed by atoms with van der Waals surface area (Å²) in [6, 6.07) is 0. The summed E-state index contributed by atoms with van der Waals surface area (Å²) in [5, 5.41) is 0. The van der Waals surface area contributed by atoms with Crippen LogP contribution in [0.1, 0.15) is 108 Å². The molecular weight excluding hydrogens is 312 g/mol. The fourth-order valence-corrected chi connectivity index (χ4v) is 3.92. The topological polar surface area (TPSA) is 0 Å². The summed E-state index contributed by atoms with van der Waals surface area (Å²) in [7, 11) is 0. The highest BCUT2D eigenvalue weighted by atomic mass is 14.8. The average Bonchev–Trinajstić information content (AvgIpc) is 3.40. The Bertz CT molecular complexity index is 445. The number of hydrogen-bond acceptors (Lipinski definition) is 0. The van der Waals surface area contributed by atoms with Gasteiger partial charge in [0.25, 0.3) is 0 Å². The van der Waals surface area contributed by atoms with Crippen LogP contribution in [0.25, 0.3) is 0 Å². The van der Waals surface area contributed by atoms with Crippen molar-refractivity contribution < 1.29 is 0 Å². The molecule has 2 rings (SSSR count). The summed E-state index contributed by atoms with van der Waals surface area (Å²) in [5.74, 6) is 3.84. The third-order valence-electron chi connectivity index (χ3n) is 6.49. The lowest BCUT2D eigenvalue weighted by Gasteiger charge is -2.20. The second kappa shape index (κ2) is 10.7. The maximum absolute atomic E-state index is 3.96. The quantitative estimate of drug-likeness (QED) is 0.396. The van der Waals surface area contributed by atoms with Crippen molar-refractivity contribution in [2.45, 2.75) is 108 Å². The Morgan fingerprint density at radius 3 is 1.96 bits per heavy atom. The summed E-state index contributed by atoms with van der Waals surface area (Å²) < 4.78 is 0. The molecule has 154 valence electrons. The van der Waals surface area contributed by atoms with Crippen molar-refractivity contribution in [3.8, 4) is 0 Å². The Morgan fingerprint density at radius 1 is 1.19 bits per heavy atom. The first-order valence-electron chi connectivity index (χ1n) is 11.2. The van der Waals surface area contributed by atoms with Crippen molar-refractivity contribution in [1.82, 2.24) is 0 Å². The van der Waals surface area contributed by atoms with Gasteiger partial charge in [-0.05, 0) is 67.6 Å². The minimum atomic E-state index is 0.535. The van der Waals surface area contributed by atoms with Gasteiger partial charge in [-0.25, -0.2) is 0 Å². The molecule has 0 amide bonds. The van der Waals surface area contributed by atoms with Crippen molar-refractivity contribution in [2.24, 2.45) is 34.5 Å². The first-order chi connectivity index (χ1) is 11.9. The van der Waals surface area contributed by atoms with E-state index in [9.17, 15) is 0 Å². The van der Waals surface area contributed by atoms with Gasteiger partial charge in [-0.1, -0.05) is 99.0 Å². The van der Waals surface area contributed by atoms with Crippen molar-refractivity contribution in [3.63, 3.8) is 0 Å². The first-order valence-corrected chi connectivity index (χ1v) is 11.2. The van der Waals surface area contributed by atoms with Crippen LogP contribution in [-0.2, 0) is 0 Å². The largest absolute Gasteiger partial charge is 0.0953 e. The zero-order chi connectivity index (χ0) is 20.7. The van der Waals surface area contributed by atoms with Crippen LogP contribution in [0.3, 0.4) is 0 Å². The summed E-state index contributed by atoms with van der Waals surface area (Å²) in [6.45, 7) is 28.4. The Hall–Kier alpha value is -0.520. The lowest BCUT2D eigenvalue weighted by atomic mass is 9.86. The number of fused-ring (bicyclic) bond motifs is 1. The molecule has 0 aromatic heterocycles. The van der Waals surface area contributed by atoms with Crippen LogP contribution in [0.5, 0.6) is 0 Å². The van der Waals surface area contributed by atoms with E-state index in [1.54, 1.807) is 6.42 Å². The van der Waals surface area contributed by atoms with Crippen LogP contribution in [0, 0.1) is 34.5 Å². The Labute approximate surface area is 166 Å². The molecule has 3 unspecified atom stereocenters. The van der Waals surface area contributed by atoms with Crippen LogP contribution in [0.2, 0.25) is 0 Å². The molecule has 0 radical (unpaired) electrons. The van der Waals surface area contributed by atoms with E-state index in [0.29, 0.717) is 11.3 Å². The number of rotatable bonds is 7. The lowest BCUT2D eigenvalue weighted by molar-refractivity contribution is 0.320. The molecule has 0 heterocycles. The third kappa shape index (κ3) is 8.45. The molecule has 2 aliphatic carbocycles. The monoisotopic (exact) mass is 362 g/mol. The van der Waals surface area contributed by atoms with Gasteiger partial charge < -0.3 is 0 Å². The van der Waals surface area contributed by atoms with E-state index in [4.69, 9.17) is 0 Å². The first kappa shape index (κ1) is 25.5. The maximum atomic E-state index is 3.96. The van der Waals surface area contributed by atoms with Crippen LogP contribution in [-0.4, -0.2) is 0 Å². The van der Waals surface area contributed by atoms with Crippen LogP contribution >= 0.6 is 0 Å². The molecule has 0 aliphatic heterocycles. The highest BCUT2D eigenvalue weighted by Crippen LogP contribution is 2.81. The van der Waals surface area contributed by atoms with Gasteiger partial charge in [0, 0.05) is 0 Å². The smallest absolute Gasteiger partial charge is 0.0222 e. The van der Waals surface area contributed by atoms with E-state index in [0.717, 1.165) is 23.2 Å². The normalized spacial score (nSPS) is 27.5. The predicted molar refractivity (Wildman–Crippen MR) is 122 cm³/mol. The molecular formula is C26H50. The summed E-state index contributed by atoms with van der Waals surface area (Å²) in [6.07, 6.45) is 9.44. The second-order valence-corrected chi connectivity index (χ2v) is 10.4. The van der Waals surface area contributed by atoms with Gasteiger partial charge in [-0.15, -0.1) is 0 Å². The Morgan fingerprint density at radius 2 is 1.69 bits per heavy atom. The minimum absolute atomic E-state index is 0.535. The molecule has 0 nitrogen and oxygen atoms in total. The summed E-state index contributed by atoms with van der Waals surface area (Å²) in [5.41, 5.74) is 3.94. The van der Waals surface area contributed by atoms with Crippen molar-refractivity contribution in [2.75, 3.05) is 0 Å².